The molecule has 0 bridgehead atoms. The van der Waals surface area contributed by atoms with Gasteiger partial charge in [0.1, 0.15) is 0 Å². The van der Waals surface area contributed by atoms with Gasteiger partial charge in [-0.15, -0.1) is 0 Å². The summed E-state index contributed by atoms with van der Waals surface area (Å²) in [6.45, 7) is 4.28. The minimum atomic E-state index is -0.852. The first-order chi connectivity index (χ1) is 8.93. The van der Waals surface area contributed by atoms with Gasteiger partial charge in [0.25, 0.3) is 0 Å². The molecule has 4 atom stereocenters. The van der Waals surface area contributed by atoms with Gasteiger partial charge in [0.15, 0.2) is 0 Å². The van der Waals surface area contributed by atoms with E-state index in [-0.39, 0.29) is 24.2 Å². The van der Waals surface area contributed by atoms with Crippen molar-refractivity contribution in [2.75, 3.05) is 6.61 Å². The maximum absolute atomic E-state index is 11.9. The molecule has 2 aliphatic rings. The van der Waals surface area contributed by atoms with E-state index in [0.717, 1.165) is 12.8 Å². The highest BCUT2D eigenvalue weighted by atomic mass is 16.5. The van der Waals surface area contributed by atoms with Gasteiger partial charge in [0.05, 0.1) is 17.6 Å². The van der Waals surface area contributed by atoms with E-state index >= 15 is 0 Å². The molecule has 4 unspecified atom stereocenters. The number of amides is 2. The topological polar surface area (TPSA) is 87.7 Å². The van der Waals surface area contributed by atoms with Crippen molar-refractivity contribution in [1.82, 2.24) is 10.6 Å². The maximum Gasteiger partial charge on any atom is 0.315 e. The lowest BCUT2D eigenvalue weighted by molar-refractivity contribution is -0.148. The lowest BCUT2D eigenvalue weighted by Crippen LogP contribution is -2.53. The lowest BCUT2D eigenvalue weighted by Gasteiger charge is -2.28. The maximum atomic E-state index is 11.9. The van der Waals surface area contributed by atoms with E-state index in [1.54, 1.807) is 6.92 Å². The Morgan fingerprint density at radius 1 is 1.32 bits per heavy atom. The van der Waals surface area contributed by atoms with Gasteiger partial charge in [0, 0.05) is 12.6 Å². The molecule has 0 aromatic rings. The number of hydrogen-bond donors (Lipinski definition) is 3. The van der Waals surface area contributed by atoms with Crippen molar-refractivity contribution in [2.45, 2.75) is 57.7 Å². The molecule has 0 spiro atoms. The molecular formula is C13H22N2O4. The average Bonchev–Trinajstić information content (AvgIpc) is 2.88. The standard InChI is InChI=1S/C13H22N2O4/c1-8-9(5-7-19-8)14-12(18)15-10-4-3-6-13(10,2)11(16)17/h8-10H,3-7H2,1-2H3,(H,16,17)(H2,14,15,18). The monoisotopic (exact) mass is 270 g/mol. The molecule has 0 aromatic carbocycles. The van der Waals surface area contributed by atoms with Crippen molar-refractivity contribution < 1.29 is 19.4 Å². The number of carboxylic acids is 1. The van der Waals surface area contributed by atoms with Crippen LogP contribution in [0.5, 0.6) is 0 Å². The van der Waals surface area contributed by atoms with Crippen LogP contribution in [0.25, 0.3) is 0 Å². The van der Waals surface area contributed by atoms with Crippen molar-refractivity contribution in [2.24, 2.45) is 5.41 Å². The molecule has 19 heavy (non-hydrogen) atoms. The Bertz CT molecular complexity index is 374. The molecule has 2 fully saturated rings. The molecule has 3 N–H and O–H groups in total. The van der Waals surface area contributed by atoms with Crippen LogP contribution in [-0.4, -0.2) is 41.9 Å². The molecule has 2 amide bonds. The molecule has 6 heteroatoms. The number of nitrogens with one attached hydrogen (secondary N) is 2. The van der Waals surface area contributed by atoms with Gasteiger partial charge in [-0.1, -0.05) is 6.42 Å². The van der Waals surface area contributed by atoms with Crippen LogP contribution >= 0.6 is 0 Å². The number of ether oxygens (including phenoxy) is 1. The molecule has 6 nitrogen and oxygen atoms in total. The summed E-state index contributed by atoms with van der Waals surface area (Å²) >= 11 is 0. The Hall–Kier alpha value is -1.30. The van der Waals surface area contributed by atoms with Crippen molar-refractivity contribution >= 4 is 12.0 Å². The summed E-state index contributed by atoms with van der Waals surface area (Å²) in [4.78, 5) is 23.3. The average molecular weight is 270 g/mol. The van der Waals surface area contributed by atoms with Crippen LogP contribution in [0.3, 0.4) is 0 Å². The summed E-state index contributed by atoms with van der Waals surface area (Å²) in [6, 6.07) is -0.582. The highest BCUT2D eigenvalue weighted by molar-refractivity contribution is 5.79. The smallest absolute Gasteiger partial charge is 0.315 e. The molecule has 1 heterocycles. The van der Waals surface area contributed by atoms with E-state index < -0.39 is 11.4 Å². The van der Waals surface area contributed by atoms with E-state index in [1.165, 1.54) is 0 Å². The predicted molar refractivity (Wildman–Crippen MR) is 68.9 cm³/mol. The van der Waals surface area contributed by atoms with E-state index in [0.29, 0.717) is 19.4 Å². The predicted octanol–water partition coefficient (Wildman–Crippen LogP) is 1.11. The lowest BCUT2D eigenvalue weighted by atomic mass is 9.85. The van der Waals surface area contributed by atoms with Crippen molar-refractivity contribution in [3.05, 3.63) is 0 Å². The van der Waals surface area contributed by atoms with Crippen molar-refractivity contribution in [1.29, 1.82) is 0 Å². The van der Waals surface area contributed by atoms with E-state index in [4.69, 9.17) is 4.74 Å². The first-order valence-electron chi connectivity index (χ1n) is 6.85. The van der Waals surface area contributed by atoms with Gasteiger partial charge >= 0.3 is 12.0 Å². The quantitative estimate of drug-likeness (QED) is 0.716. The van der Waals surface area contributed by atoms with Crippen LogP contribution in [0.2, 0.25) is 0 Å². The van der Waals surface area contributed by atoms with Gasteiger partial charge < -0.3 is 20.5 Å². The second-order valence-corrected chi connectivity index (χ2v) is 5.76. The minimum Gasteiger partial charge on any atom is -0.481 e. The molecule has 1 aliphatic carbocycles. The van der Waals surface area contributed by atoms with Crippen molar-refractivity contribution in [3.8, 4) is 0 Å². The number of hydrogen-bond acceptors (Lipinski definition) is 3. The first kappa shape index (κ1) is 14.1. The van der Waals surface area contributed by atoms with Gasteiger partial charge in [-0.05, 0) is 33.1 Å². The molecule has 2 rings (SSSR count). The van der Waals surface area contributed by atoms with E-state index in [9.17, 15) is 14.7 Å². The molecule has 0 aromatic heterocycles. The van der Waals surface area contributed by atoms with E-state index in [2.05, 4.69) is 10.6 Å². The number of aliphatic carboxylic acids is 1. The Morgan fingerprint density at radius 2 is 2.05 bits per heavy atom. The molecular weight excluding hydrogens is 248 g/mol. The SMILES string of the molecule is CC1OCCC1NC(=O)NC1CCCC1(C)C(=O)O. The van der Waals surface area contributed by atoms with Crippen LogP contribution in [0.4, 0.5) is 4.79 Å². The molecule has 1 saturated heterocycles. The Balaban J connectivity index is 1.90. The van der Waals surface area contributed by atoms with E-state index in [1.807, 2.05) is 6.92 Å². The molecule has 1 aliphatic heterocycles. The molecule has 0 radical (unpaired) electrons. The zero-order valence-corrected chi connectivity index (χ0v) is 11.4. The van der Waals surface area contributed by atoms with Crippen LogP contribution < -0.4 is 10.6 Å². The van der Waals surface area contributed by atoms with Crippen LogP contribution in [0, 0.1) is 5.41 Å². The summed E-state index contributed by atoms with van der Waals surface area (Å²) in [5.74, 6) is -0.840. The Kier molecular flexibility index (Phi) is 3.99. The summed E-state index contributed by atoms with van der Waals surface area (Å²) < 4.78 is 5.38. The molecule has 108 valence electrons. The number of rotatable bonds is 3. The summed E-state index contributed by atoms with van der Waals surface area (Å²) in [7, 11) is 0. The fourth-order valence-corrected chi connectivity index (χ4v) is 2.94. The van der Waals surface area contributed by atoms with Gasteiger partial charge in [-0.3, -0.25) is 4.79 Å². The van der Waals surface area contributed by atoms with Gasteiger partial charge in [-0.2, -0.15) is 0 Å². The highest BCUT2D eigenvalue weighted by Gasteiger charge is 2.46. The van der Waals surface area contributed by atoms with Gasteiger partial charge in [-0.25, -0.2) is 4.79 Å². The Morgan fingerprint density at radius 3 is 2.63 bits per heavy atom. The fourth-order valence-electron chi connectivity index (χ4n) is 2.94. The van der Waals surface area contributed by atoms with Crippen molar-refractivity contribution in [3.63, 3.8) is 0 Å². The fraction of sp³-hybridized carbons (Fsp3) is 0.846. The normalized spacial score (nSPS) is 38.1. The minimum absolute atomic E-state index is 0.0116. The third-order valence-electron chi connectivity index (χ3n) is 4.44. The summed E-state index contributed by atoms with van der Waals surface area (Å²) in [5.41, 5.74) is -0.852. The summed E-state index contributed by atoms with van der Waals surface area (Å²) in [5, 5.41) is 15.0. The zero-order chi connectivity index (χ0) is 14.0. The number of carbonyl (C=O) groups is 2. The van der Waals surface area contributed by atoms with Gasteiger partial charge in [0.2, 0.25) is 0 Å². The number of carboxylic acid groups (broad SMARTS) is 1. The number of urea groups is 1. The molecule has 1 saturated carbocycles. The largest absolute Gasteiger partial charge is 0.481 e. The third-order valence-corrected chi connectivity index (χ3v) is 4.44. The second-order valence-electron chi connectivity index (χ2n) is 5.76. The zero-order valence-electron chi connectivity index (χ0n) is 11.4. The highest BCUT2D eigenvalue weighted by Crippen LogP contribution is 2.38. The first-order valence-corrected chi connectivity index (χ1v) is 6.85. The number of carbonyl (C=O) groups excluding carboxylic acids is 1. The second kappa shape index (κ2) is 5.36. The van der Waals surface area contributed by atoms with Crippen LogP contribution in [0.15, 0.2) is 0 Å². The summed E-state index contributed by atoms with van der Waals surface area (Å²) in [6.07, 6.45) is 2.97. The Labute approximate surface area is 112 Å². The van der Waals surface area contributed by atoms with Crippen LogP contribution in [0.1, 0.15) is 39.5 Å². The van der Waals surface area contributed by atoms with Crippen LogP contribution in [-0.2, 0) is 9.53 Å². The third kappa shape index (κ3) is 2.83.